The molecule has 0 saturated carbocycles. The molecule has 21 heterocycles. The molecule has 35 atom stereocenters. The van der Waals surface area contributed by atoms with Crippen molar-refractivity contribution in [3.05, 3.63) is 0 Å². The molecule has 21 aliphatic heterocycles. The largest absolute Gasteiger partial charge is 0.387 e. The minimum Gasteiger partial charge on any atom is -0.387 e. The van der Waals surface area contributed by atoms with Crippen molar-refractivity contribution >= 4 is 0 Å². The smallest absolute Gasteiger partial charge is 0.187 e. The highest BCUT2D eigenvalue weighted by molar-refractivity contribution is 5.03. The van der Waals surface area contributed by atoms with Crippen LogP contribution >= 0.6 is 0 Å². The fraction of sp³-hybridized carbons (Fsp3) is 1.00. The first kappa shape index (κ1) is 75.4. The molecule has 21 aliphatic rings. The maximum Gasteiger partial charge on any atom is 0.187 e. The molecule has 7 N–H and O–H groups in total. The third-order valence-electron chi connectivity index (χ3n) is 17.6. The van der Waals surface area contributed by atoms with E-state index in [0.717, 1.165) is 0 Å². The second-order valence-electron chi connectivity index (χ2n) is 23.0. The van der Waals surface area contributed by atoms with E-state index in [0.29, 0.717) is 0 Å². The average molecular weight is 1330 g/mol. The molecule has 0 unspecified atom stereocenters. The van der Waals surface area contributed by atoms with E-state index >= 15 is 0 Å². The van der Waals surface area contributed by atoms with Gasteiger partial charge in [-0.1, -0.05) is 0 Å². The van der Waals surface area contributed by atoms with Crippen LogP contribution in [0.3, 0.4) is 0 Å². The van der Waals surface area contributed by atoms with Gasteiger partial charge >= 0.3 is 0 Å². The molecular formula is C56H98O35. The van der Waals surface area contributed by atoms with Crippen LogP contribution < -0.4 is 0 Å². The van der Waals surface area contributed by atoms with Crippen LogP contribution in [0.2, 0.25) is 0 Å². The molecule has 0 aromatic rings. The van der Waals surface area contributed by atoms with Crippen LogP contribution in [0.15, 0.2) is 0 Å². The molecule has 0 aromatic carbocycles. The first-order chi connectivity index (χ1) is 43.9. The van der Waals surface area contributed by atoms with E-state index in [-0.39, 0.29) is 46.2 Å². The number of aliphatic hydroxyl groups is 7. The molecule has 0 amide bonds. The highest BCUT2D eigenvalue weighted by atomic mass is 16.8. The van der Waals surface area contributed by atoms with E-state index in [1.165, 1.54) is 99.5 Å². The number of aliphatic hydroxyl groups excluding tert-OH is 7. The fourth-order valence-electron chi connectivity index (χ4n) is 13.1. The molecule has 0 aromatic heterocycles. The van der Waals surface area contributed by atoms with Crippen molar-refractivity contribution in [1.82, 2.24) is 0 Å². The Kier molecular flexibility index (Phi) is 29.3. The van der Waals surface area contributed by atoms with E-state index in [4.69, 9.17) is 133 Å². The zero-order valence-corrected chi connectivity index (χ0v) is 53.7. The van der Waals surface area contributed by atoms with E-state index in [1.54, 1.807) is 0 Å². The Bertz CT molecular complexity index is 1680. The Balaban J connectivity index is 1.17. The summed E-state index contributed by atoms with van der Waals surface area (Å²) in [6, 6.07) is 0. The Labute approximate surface area is 528 Å². The first-order valence-corrected chi connectivity index (χ1v) is 30.0. The monoisotopic (exact) mass is 1330 g/mol. The lowest BCUT2D eigenvalue weighted by Crippen LogP contribution is -2.69. The van der Waals surface area contributed by atoms with Crippen LogP contribution in [0.4, 0.5) is 0 Å². The topological polar surface area (TPSA) is 400 Å². The standard InChI is InChI=1S/C56H98O35/c1-64-15-22-36-29(57)43(71-8)50(78-22)86-37-23(16-65-2)80-52(45(73-10)30(37)58)88-39-25(18-67-4)82-54(47(75-12)32(39)60)90-41-27(20-69-6)84-56(49(77-14)34(41)62)91-42-28(21-70-7)83-55(48(76-13)35(42)63)89-40-26(19-68-5)81-53(46(74-11)33(40)61)87-38-24(17-66-3)79-51(85-36)44(72-9)31(38)59/h22-63H,15-21H2,1-14H3/t22-,23-,24-,25-,26-,27-,28-,29-,30+,31+,32+,33+,34+,35+,36-,37-,38-,39-,40-,41-,42-,43-,44-,45-,46-,47-,48-,49-,50-,51+,52-,53-,54-,55-,56-/m1/s1. The Morgan fingerprint density at radius 3 is 0.385 bits per heavy atom. The predicted molar refractivity (Wildman–Crippen MR) is 295 cm³/mol. The third-order valence-corrected chi connectivity index (χ3v) is 17.6. The highest BCUT2D eigenvalue weighted by Crippen LogP contribution is 2.41. The molecular weight excluding hydrogens is 1230 g/mol. The Morgan fingerprint density at radius 2 is 0.297 bits per heavy atom. The lowest BCUT2D eigenvalue weighted by Gasteiger charge is -2.51. The van der Waals surface area contributed by atoms with Crippen molar-refractivity contribution in [1.29, 1.82) is 0 Å². The zero-order valence-electron chi connectivity index (χ0n) is 53.7. The normalized spacial score (nSPS) is 48.7. The fourth-order valence-corrected chi connectivity index (χ4v) is 13.1. The molecule has 0 radical (unpaired) electrons. The number of methoxy groups -OCH3 is 14. The lowest BCUT2D eigenvalue weighted by molar-refractivity contribution is -0.400. The van der Waals surface area contributed by atoms with Gasteiger partial charge in [0, 0.05) is 99.5 Å². The number of hydrogen-bond donors (Lipinski definition) is 7. The Morgan fingerprint density at radius 1 is 0.187 bits per heavy atom. The molecule has 532 valence electrons. The van der Waals surface area contributed by atoms with Crippen molar-refractivity contribution in [2.24, 2.45) is 0 Å². The van der Waals surface area contributed by atoms with E-state index in [2.05, 4.69) is 0 Å². The average Bonchev–Trinajstić information content (AvgIpc) is 0.810. The molecule has 21 rings (SSSR count). The van der Waals surface area contributed by atoms with Crippen molar-refractivity contribution in [3.8, 4) is 0 Å². The maximum atomic E-state index is 12.3. The lowest BCUT2D eigenvalue weighted by atomic mass is 9.95. The second kappa shape index (κ2) is 35.4. The van der Waals surface area contributed by atoms with Crippen LogP contribution in [0.5, 0.6) is 0 Å². The molecule has 35 nitrogen and oxygen atoms in total. The highest BCUT2D eigenvalue weighted by Gasteiger charge is 2.61. The molecule has 14 bridgehead atoms. The van der Waals surface area contributed by atoms with Crippen LogP contribution in [0.25, 0.3) is 0 Å². The minimum atomic E-state index is -1.62. The van der Waals surface area contributed by atoms with Gasteiger partial charge in [-0.2, -0.15) is 0 Å². The summed E-state index contributed by atoms with van der Waals surface area (Å²) in [5.41, 5.74) is 0. The molecule has 35 heteroatoms. The van der Waals surface area contributed by atoms with Crippen LogP contribution in [-0.2, 0) is 133 Å². The number of hydrogen-bond acceptors (Lipinski definition) is 35. The summed E-state index contributed by atoms with van der Waals surface area (Å²) in [5.74, 6) is 0. The quantitative estimate of drug-likeness (QED) is 0.0562. The molecule has 0 spiro atoms. The van der Waals surface area contributed by atoms with Gasteiger partial charge in [0.05, 0.1) is 46.2 Å². The zero-order chi connectivity index (χ0) is 66.0. The summed E-state index contributed by atoms with van der Waals surface area (Å²) in [7, 11) is 18.7. The van der Waals surface area contributed by atoms with Crippen LogP contribution in [-0.4, -0.2) is 396 Å². The summed E-state index contributed by atoms with van der Waals surface area (Å²) >= 11 is 0. The summed E-state index contributed by atoms with van der Waals surface area (Å²) in [6.07, 6.45) is -49.4. The van der Waals surface area contributed by atoms with Gasteiger partial charge in [-0.25, -0.2) is 0 Å². The van der Waals surface area contributed by atoms with Crippen LogP contribution in [0, 0.1) is 0 Å². The predicted octanol–water partition coefficient (Wildman–Crippen LogP) is -6.07. The van der Waals surface area contributed by atoms with Gasteiger partial charge in [0.2, 0.25) is 0 Å². The third kappa shape index (κ3) is 16.3. The first-order valence-electron chi connectivity index (χ1n) is 30.0. The summed E-state index contributed by atoms with van der Waals surface area (Å²) in [4.78, 5) is 0. The molecule has 21 fully saturated rings. The minimum absolute atomic E-state index is 0.227. The van der Waals surface area contributed by atoms with Gasteiger partial charge < -0.3 is 168 Å². The van der Waals surface area contributed by atoms with Gasteiger partial charge in [0.15, 0.2) is 44.0 Å². The van der Waals surface area contributed by atoms with Gasteiger partial charge in [-0.15, -0.1) is 0 Å². The number of ether oxygens (including phenoxy) is 28. The Hall–Kier alpha value is -1.40. The van der Waals surface area contributed by atoms with Gasteiger partial charge in [-0.3, -0.25) is 0 Å². The number of rotatable bonds is 21. The van der Waals surface area contributed by atoms with E-state index < -0.39 is 215 Å². The second-order valence-corrected chi connectivity index (χ2v) is 23.0. The molecule has 21 saturated heterocycles. The molecule has 91 heavy (non-hydrogen) atoms. The maximum absolute atomic E-state index is 12.3. The van der Waals surface area contributed by atoms with Gasteiger partial charge in [0.1, 0.15) is 171 Å². The summed E-state index contributed by atoms with van der Waals surface area (Å²) in [6.45, 7) is -1.59. The van der Waals surface area contributed by atoms with Gasteiger partial charge in [0.25, 0.3) is 0 Å². The molecule has 0 aliphatic carbocycles. The summed E-state index contributed by atoms with van der Waals surface area (Å²) in [5, 5.41) is 86.2. The summed E-state index contributed by atoms with van der Waals surface area (Å²) < 4.78 is 171. The van der Waals surface area contributed by atoms with E-state index in [9.17, 15) is 35.7 Å². The van der Waals surface area contributed by atoms with Crippen molar-refractivity contribution in [3.63, 3.8) is 0 Å². The van der Waals surface area contributed by atoms with Gasteiger partial charge in [-0.05, 0) is 0 Å². The van der Waals surface area contributed by atoms with Crippen molar-refractivity contribution in [2.75, 3.05) is 146 Å². The van der Waals surface area contributed by atoms with Crippen molar-refractivity contribution < 1.29 is 168 Å². The van der Waals surface area contributed by atoms with E-state index in [1.807, 2.05) is 0 Å². The van der Waals surface area contributed by atoms with Crippen LogP contribution in [0.1, 0.15) is 0 Å². The van der Waals surface area contributed by atoms with Crippen molar-refractivity contribution in [2.45, 2.75) is 215 Å². The SMILES string of the molecule is COC[C@H]1O[C@H]2O[C@H]3[C@@H](O)[C@@H](OC)[C@@H](O[C@H]4[C@H](O)[C@@H](OC)[C@@H](O[C@H]5[C@H](O)[C@@H](OC)[C@@H](O[C@H]6[C@H](O)[C@@H](OC)[C@@H](O[C@H]7[C@H](O)[C@@H](OC)[C@@H](O[C@H]8[C@H](O)[C@@H](OC)[C@@H](O[C@H]1[C@H](O)[C@H]2OC)O[C@@H]8COC)O[C@@H]7COC)O[C@@H]6COC)O[C@@H]5COC)O[C@@H]4COC)O[C@@H]3COC.